The van der Waals surface area contributed by atoms with Crippen molar-refractivity contribution in [3.8, 4) is 11.8 Å². The van der Waals surface area contributed by atoms with Gasteiger partial charge >= 0.3 is 0 Å². The molecule has 0 aromatic carbocycles. The van der Waals surface area contributed by atoms with Crippen molar-refractivity contribution in [3.63, 3.8) is 0 Å². The molecule has 1 heterocycles. The quantitative estimate of drug-likeness (QED) is 0.827. The maximum absolute atomic E-state index is 12.3. The van der Waals surface area contributed by atoms with Gasteiger partial charge in [-0.1, -0.05) is 11.8 Å². The maximum atomic E-state index is 12.3. The van der Waals surface area contributed by atoms with Gasteiger partial charge in [0, 0.05) is 26.0 Å². The van der Waals surface area contributed by atoms with Gasteiger partial charge in [0.2, 0.25) is 5.91 Å². The minimum atomic E-state index is -0.153. The molecule has 0 aliphatic rings. The maximum Gasteiger partial charge on any atom is 0.255 e. The van der Waals surface area contributed by atoms with Crippen LogP contribution < -0.4 is 5.73 Å². The lowest BCUT2D eigenvalue weighted by molar-refractivity contribution is -0.129. The summed E-state index contributed by atoms with van der Waals surface area (Å²) in [5.74, 6) is 5.39. The topological polar surface area (TPSA) is 66.6 Å². The number of nitrogens with two attached hydrogens (primary N) is 1. The fourth-order valence-electron chi connectivity index (χ4n) is 1.47. The third kappa shape index (κ3) is 4.37. The van der Waals surface area contributed by atoms with Crippen molar-refractivity contribution in [2.45, 2.75) is 6.92 Å². The number of carbonyl (C=O) groups is 2. The van der Waals surface area contributed by atoms with E-state index in [2.05, 4.69) is 11.8 Å². The first kappa shape index (κ1) is 16.2. The van der Waals surface area contributed by atoms with E-state index in [-0.39, 0.29) is 18.4 Å². The molecule has 20 heavy (non-hydrogen) atoms. The molecule has 0 aliphatic carbocycles. The first-order valence-electron chi connectivity index (χ1n) is 6.26. The molecule has 108 valence electrons. The number of hydrogen-bond acceptors (Lipinski definition) is 4. The summed E-state index contributed by atoms with van der Waals surface area (Å²) in [5.41, 5.74) is 5.87. The highest BCUT2D eigenvalue weighted by atomic mass is 32.1. The van der Waals surface area contributed by atoms with Crippen LogP contribution in [0.15, 0.2) is 11.4 Å². The van der Waals surface area contributed by atoms with E-state index < -0.39 is 0 Å². The van der Waals surface area contributed by atoms with E-state index in [1.165, 1.54) is 21.1 Å². The van der Waals surface area contributed by atoms with Gasteiger partial charge in [0.15, 0.2) is 0 Å². The fraction of sp³-hybridized carbons (Fsp3) is 0.429. The third-order valence-electron chi connectivity index (χ3n) is 2.65. The van der Waals surface area contributed by atoms with E-state index in [4.69, 9.17) is 5.73 Å². The van der Waals surface area contributed by atoms with Crippen LogP contribution in [-0.2, 0) is 4.79 Å². The van der Waals surface area contributed by atoms with Crippen molar-refractivity contribution in [1.82, 2.24) is 9.80 Å². The third-order valence-corrected chi connectivity index (χ3v) is 3.50. The Kier molecular flexibility index (Phi) is 6.22. The van der Waals surface area contributed by atoms with Crippen LogP contribution >= 0.6 is 11.3 Å². The molecule has 2 amide bonds. The van der Waals surface area contributed by atoms with Crippen molar-refractivity contribution in [2.24, 2.45) is 5.73 Å². The first-order valence-corrected chi connectivity index (χ1v) is 7.14. The Balaban J connectivity index is 2.80. The van der Waals surface area contributed by atoms with Crippen LogP contribution in [0, 0.1) is 11.8 Å². The van der Waals surface area contributed by atoms with E-state index >= 15 is 0 Å². The highest BCUT2D eigenvalue weighted by Gasteiger charge is 2.19. The molecule has 0 atom stereocenters. The van der Waals surface area contributed by atoms with Crippen molar-refractivity contribution in [1.29, 1.82) is 0 Å². The average Bonchev–Trinajstić information content (AvgIpc) is 2.90. The van der Waals surface area contributed by atoms with Crippen LogP contribution in [0.4, 0.5) is 0 Å². The SMILES string of the molecule is CCN(CC(=O)N(C)C)C(=O)c1csc(C#CCN)c1. The minimum Gasteiger partial charge on any atom is -0.347 e. The van der Waals surface area contributed by atoms with E-state index in [9.17, 15) is 9.59 Å². The van der Waals surface area contributed by atoms with Crippen LogP contribution in [0.25, 0.3) is 0 Å². The number of likely N-dealkylation sites (N-methyl/N-ethyl adjacent to an activating group) is 2. The summed E-state index contributed by atoms with van der Waals surface area (Å²) < 4.78 is 0. The summed E-state index contributed by atoms with van der Waals surface area (Å²) in [5, 5.41) is 1.76. The number of hydrogen-bond donors (Lipinski definition) is 1. The molecular weight excluding hydrogens is 274 g/mol. The molecule has 0 radical (unpaired) electrons. The molecule has 0 aliphatic heterocycles. The molecule has 0 bridgehead atoms. The van der Waals surface area contributed by atoms with Crippen LogP contribution in [0.5, 0.6) is 0 Å². The van der Waals surface area contributed by atoms with Gasteiger partial charge in [-0.15, -0.1) is 11.3 Å². The lowest BCUT2D eigenvalue weighted by Gasteiger charge is -2.21. The summed E-state index contributed by atoms with van der Waals surface area (Å²) in [7, 11) is 3.34. The lowest BCUT2D eigenvalue weighted by atomic mass is 10.2. The van der Waals surface area contributed by atoms with Crippen molar-refractivity contribution >= 4 is 23.2 Å². The predicted molar refractivity (Wildman–Crippen MR) is 80.5 cm³/mol. The van der Waals surface area contributed by atoms with E-state index in [1.807, 2.05) is 6.92 Å². The standard InChI is InChI=1S/C14H19N3O2S/c1-4-17(9-13(18)16(2)3)14(19)11-8-12(20-10-11)6-5-7-15/h8,10H,4,7,9,15H2,1-3H3. The second-order valence-electron chi connectivity index (χ2n) is 4.31. The smallest absolute Gasteiger partial charge is 0.255 e. The highest BCUT2D eigenvalue weighted by Crippen LogP contribution is 2.15. The molecular formula is C14H19N3O2S. The molecule has 6 heteroatoms. The van der Waals surface area contributed by atoms with Gasteiger partial charge in [-0.05, 0) is 13.0 Å². The number of nitrogens with zero attached hydrogens (tertiary/aromatic N) is 2. The molecule has 1 aromatic heterocycles. The van der Waals surface area contributed by atoms with Gasteiger partial charge in [0.1, 0.15) is 0 Å². The Labute approximate surface area is 123 Å². The number of carbonyl (C=O) groups excluding carboxylic acids is 2. The number of rotatable bonds is 4. The van der Waals surface area contributed by atoms with Gasteiger partial charge in [-0.2, -0.15) is 0 Å². The molecule has 0 fully saturated rings. The Morgan fingerprint density at radius 3 is 2.65 bits per heavy atom. The van der Waals surface area contributed by atoms with Crippen molar-refractivity contribution in [3.05, 3.63) is 21.9 Å². The number of amides is 2. The normalized spacial score (nSPS) is 9.60. The summed E-state index contributed by atoms with van der Waals surface area (Å²) in [6, 6.07) is 1.73. The molecule has 0 unspecified atom stereocenters. The van der Waals surface area contributed by atoms with Gasteiger partial charge in [0.25, 0.3) is 5.91 Å². The van der Waals surface area contributed by atoms with Gasteiger partial charge in [-0.25, -0.2) is 0 Å². The van der Waals surface area contributed by atoms with E-state index in [0.29, 0.717) is 18.7 Å². The molecule has 1 rings (SSSR count). The van der Waals surface area contributed by atoms with Crippen LogP contribution in [0.3, 0.4) is 0 Å². The Morgan fingerprint density at radius 2 is 2.10 bits per heavy atom. The second-order valence-corrected chi connectivity index (χ2v) is 5.22. The molecule has 5 nitrogen and oxygen atoms in total. The molecule has 0 saturated heterocycles. The highest BCUT2D eigenvalue weighted by molar-refractivity contribution is 7.10. The van der Waals surface area contributed by atoms with Crippen LogP contribution in [0.2, 0.25) is 0 Å². The second kappa shape index (κ2) is 7.68. The average molecular weight is 293 g/mol. The van der Waals surface area contributed by atoms with Gasteiger partial charge < -0.3 is 15.5 Å². The molecule has 0 saturated carbocycles. The van der Waals surface area contributed by atoms with Gasteiger partial charge in [-0.3, -0.25) is 9.59 Å². The van der Waals surface area contributed by atoms with Crippen molar-refractivity contribution in [2.75, 3.05) is 33.7 Å². The van der Waals surface area contributed by atoms with Gasteiger partial charge in [0.05, 0.1) is 23.5 Å². The molecule has 2 N–H and O–H groups in total. The summed E-state index contributed by atoms with van der Waals surface area (Å²) in [6.07, 6.45) is 0. The fourth-order valence-corrected chi connectivity index (χ4v) is 2.22. The molecule has 1 aromatic rings. The lowest BCUT2D eigenvalue weighted by Crippen LogP contribution is -2.40. The Hall–Kier alpha value is -1.84. The Morgan fingerprint density at radius 1 is 1.40 bits per heavy atom. The predicted octanol–water partition coefficient (Wildman–Crippen LogP) is 0.609. The minimum absolute atomic E-state index is 0.0853. The van der Waals surface area contributed by atoms with E-state index in [1.54, 1.807) is 25.5 Å². The number of thiophene rings is 1. The van der Waals surface area contributed by atoms with Crippen molar-refractivity contribution < 1.29 is 9.59 Å². The first-order chi connectivity index (χ1) is 9.49. The molecule has 0 spiro atoms. The van der Waals surface area contributed by atoms with E-state index in [0.717, 1.165) is 4.88 Å². The largest absolute Gasteiger partial charge is 0.347 e. The van der Waals surface area contributed by atoms with Crippen LogP contribution in [-0.4, -0.2) is 55.3 Å². The monoisotopic (exact) mass is 293 g/mol. The Bertz CT molecular complexity index is 540. The zero-order valence-electron chi connectivity index (χ0n) is 12.0. The summed E-state index contributed by atoms with van der Waals surface area (Å²) >= 11 is 1.40. The van der Waals surface area contributed by atoms with Crippen LogP contribution in [0.1, 0.15) is 22.2 Å². The summed E-state index contributed by atoms with van der Waals surface area (Å²) in [4.78, 5) is 27.8. The summed E-state index contributed by atoms with van der Waals surface area (Å²) in [6.45, 7) is 2.71. The zero-order chi connectivity index (χ0) is 15.1. The zero-order valence-corrected chi connectivity index (χ0v) is 12.8.